The minimum Gasteiger partial charge on any atom is -0.462 e. The third-order valence-electron chi connectivity index (χ3n) is 4.31. The Bertz CT molecular complexity index is 875. The summed E-state index contributed by atoms with van der Waals surface area (Å²) >= 11 is 6.96. The van der Waals surface area contributed by atoms with E-state index >= 15 is 0 Å². The van der Waals surface area contributed by atoms with Gasteiger partial charge in [-0.1, -0.05) is 0 Å². The van der Waals surface area contributed by atoms with E-state index in [4.69, 9.17) is 22.7 Å². The van der Waals surface area contributed by atoms with E-state index in [1.165, 1.54) is 4.88 Å². The van der Waals surface area contributed by atoms with Gasteiger partial charge < -0.3 is 21.1 Å². The number of nitrogens with two attached hydrogens (primary N) is 1. The van der Waals surface area contributed by atoms with Gasteiger partial charge in [0.05, 0.1) is 12.2 Å². The topological polar surface area (TPSA) is 93.4 Å². The largest absolute Gasteiger partial charge is 0.462 e. The van der Waals surface area contributed by atoms with E-state index in [0.717, 1.165) is 36.9 Å². The molecule has 6 nitrogen and oxygen atoms in total. The number of fused-ring (bicyclic) bond motifs is 1. The van der Waals surface area contributed by atoms with Gasteiger partial charge in [0.15, 0.2) is 5.11 Å². The van der Waals surface area contributed by atoms with Gasteiger partial charge in [0.1, 0.15) is 5.00 Å². The molecule has 0 spiro atoms. The number of benzene rings is 1. The fraction of sp³-hybridized carbons (Fsp3) is 0.316. The van der Waals surface area contributed by atoms with Gasteiger partial charge >= 0.3 is 5.97 Å². The van der Waals surface area contributed by atoms with Gasteiger partial charge in [0, 0.05) is 16.1 Å². The quantitative estimate of drug-likeness (QED) is 0.520. The maximum Gasteiger partial charge on any atom is 0.341 e. The molecule has 0 fully saturated rings. The molecule has 8 heteroatoms. The second-order valence-electron chi connectivity index (χ2n) is 6.16. The molecule has 0 radical (unpaired) electrons. The SMILES string of the molecule is CCOC(=O)c1c(NC(=S)Nc2ccc(C(N)=O)cc2)sc2c1CCCC2. The van der Waals surface area contributed by atoms with Crippen molar-refractivity contribution in [3.05, 3.63) is 45.8 Å². The first-order valence-electron chi connectivity index (χ1n) is 8.79. The third-order valence-corrected chi connectivity index (χ3v) is 5.72. The van der Waals surface area contributed by atoms with Crippen LogP contribution in [0.2, 0.25) is 0 Å². The number of amides is 1. The maximum absolute atomic E-state index is 12.5. The van der Waals surface area contributed by atoms with Gasteiger partial charge in [-0.25, -0.2) is 4.79 Å². The summed E-state index contributed by atoms with van der Waals surface area (Å²) in [4.78, 5) is 24.8. The highest BCUT2D eigenvalue weighted by atomic mass is 32.1. The van der Waals surface area contributed by atoms with E-state index in [1.807, 2.05) is 0 Å². The summed E-state index contributed by atoms with van der Waals surface area (Å²) in [7, 11) is 0. The van der Waals surface area contributed by atoms with Crippen molar-refractivity contribution in [2.75, 3.05) is 17.2 Å². The van der Waals surface area contributed by atoms with Crippen LogP contribution in [0.4, 0.5) is 10.7 Å². The van der Waals surface area contributed by atoms with Gasteiger partial charge in [-0.3, -0.25) is 4.79 Å². The highest BCUT2D eigenvalue weighted by Gasteiger charge is 2.26. The molecule has 142 valence electrons. The molecule has 0 saturated carbocycles. The summed E-state index contributed by atoms with van der Waals surface area (Å²) in [5, 5.41) is 7.28. The van der Waals surface area contributed by atoms with E-state index in [-0.39, 0.29) is 5.97 Å². The summed E-state index contributed by atoms with van der Waals surface area (Å²) in [5.74, 6) is -0.793. The Morgan fingerprint density at radius 1 is 1.19 bits per heavy atom. The van der Waals surface area contributed by atoms with Crippen molar-refractivity contribution in [2.24, 2.45) is 5.73 Å². The second kappa shape index (κ2) is 8.49. The highest BCUT2D eigenvalue weighted by molar-refractivity contribution is 7.80. The fourth-order valence-electron chi connectivity index (χ4n) is 3.06. The van der Waals surface area contributed by atoms with Crippen LogP contribution in [0, 0.1) is 0 Å². The molecule has 3 rings (SSSR count). The van der Waals surface area contributed by atoms with Crippen LogP contribution in [-0.2, 0) is 17.6 Å². The van der Waals surface area contributed by atoms with E-state index < -0.39 is 5.91 Å². The number of carbonyl (C=O) groups excluding carboxylic acids is 2. The number of hydrogen-bond donors (Lipinski definition) is 3. The van der Waals surface area contributed by atoms with Gasteiger partial charge in [-0.2, -0.15) is 0 Å². The summed E-state index contributed by atoms with van der Waals surface area (Å²) in [6, 6.07) is 6.70. The summed E-state index contributed by atoms with van der Waals surface area (Å²) in [5.41, 5.74) is 8.08. The van der Waals surface area contributed by atoms with Crippen LogP contribution >= 0.6 is 23.6 Å². The number of hydrogen-bond acceptors (Lipinski definition) is 5. The Kier molecular flexibility index (Phi) is 6.08. The lowest BCUT2D eigenvalue weighted by molar-refractivity contribution is 0.0526. The average molecular weight is 404 g/mol. The normalized spacial score (nSPS) is 12.8. The summed E-state index contributed by atoms with van der Waals surface area (Å²) in [6.07, 6.45) is 4.06. The summed E-state index contributed by atoms with van der Waals surface area (Å²) < 4.78 is 5.25. The van der Waals surface area contributed by atoms with Crippen LogP contribution < -0.4 is 16.4 Å². The van der Waals surface area contributed by atoms with Gasteiger partial charge in [-0.05, 0) is 74.7 Å². The molecule has 1 aliphatic rings. The predicted octanol–water partition coefficient (Wildman–Crippen LogP) is 3.71. The number of rotatable bonds is 5. The zero-order valence-corrected chi connectivity index (χ0v) is 16.6. The molecule has 1 heterocycles. The predicted molar refractivity (Wildman–Crippen MR) is 112 cm³/mol. The first-order chi connectivity index (χ1) is 13.0. The van der Waals surface area contributed by atoms with Crippen LogP contribution in [0.1, 0.15) is 50.9 Å². The number of aryl methyl sites for hydroxylation is 1. The van der Waals surface area contributed by atoms with E-state index in [0.29, 0.717) is 27.8 Å². The van der Waals surface area contributed by atoms with Crippen molar-refractivity contribution < 1.29 is 14.3 Å². The number of thiocarbonyl (C=S) groups is 1. The monoisotopic (exact) mass is 403 g/mol. The minimum absolute atomic E-state index is 0.312. The molecular formula is C19H21N3O3S2. The Morgan fingerprint density at radius 3 is 2.56 bits per heavy atom. The van der Waals surface area contributed by atoms with Crippen molar-refractivity contribution in [2.45, 2.75) is 32.6 Å². The second-order valence-corrected chi connectivity index (χ2v) is 7.67. The molecule has 0 atom stereocenters. The lowest BCUT2D eigenvalue weighted by atomic mass is 9.95. The molecule has 4 N–H and O–H groups in total. The Morgan fingerprint density at radius 2 is 1.89 bits per heavy atom. The number of ether oxygens (including phenoxy) is 1. The molecule has 0 aliphatic heterocycles. The lowest BCUT2D eigenvalue weighted by Gasteiger charge is -2.13. The molecule has 2 aromatic rings. The van der Waals surface area contributed by atoms with Crippen LogP contribution in [-0.4, -0.2) is 23.6 Å². The lowest BCUT2D eigenvalue weighted by Crippen LogP contribution is -2.20. The maximum atomic E-state index is 12.5. The highest BCUT2D eigenvalue weighted by Crippen LogP contribution is 2.38. The molecule has 0 saturated heterocycles. The number of thiophene rings is 1. The number of primary amides is 1. The van der Waals surface area contributed by atoms with E-state index in [2.05, 4.69) is 10.6 Å². The zero-order valence-electron chi connectivity index (χ0n) is 15.0. The summed E-state index contributed by atoms with van der Waals surface area (Å²) in [6.45, 7) is 2.13. The van der Waals surface area contributed by atoms with E-state index in [9.17, 15) is 9.59 Å². The molecule has 1 aliphatic carbocycles. The fourth-order valence-corrected chi connectivity index (χ4v) is 4.62. The zero-order chi connectivity index (χ0) is 19.4. The van der Waals surface area contributed by atoms with Gasteiger partial charge in [-0.15, -0.1) is 11.3 Å². The van der Waals surface area contributed by atoms with Gasteiger partial charge in [0.25, 0.3) is 0 Å². The average Bonchev–Trinajstić information content (AvgIpc) is 3.00. The number of esters is 1. The number of carbonyl (C=O) groups is 2. The van der Waals surface area contributed by atoms with Crippen LogP contribution in [0.25, 0.3) is 0 Å². The minimum atomic E-state index is -0.481. The molecule has 27 heavy (non-hydrogen) atoms. The molecule has 1 amide bonds. The molecule has 0 bridgehead atoms. The Hall–Kier alpha value is -2.45. The smallest absolute Gasteiger partial charge is 0.341 e. The first-order valence-corrected chi connectivity index (χ1v) is 10.0. The van der Waals surface area contributed by atoms with Crippen molar-refractivity contribution in [1.82, 2.24) is 0 Å². The van der Waals surface area contributed by atoms with Crippen molar-refractivity contribution in [3.63, 3.8) is 0 Å². The van der Waals surface area contributed by atoms with Crippen molar-refractivity contribution in [3.8, 4) is 0 Å². The van der Waals surface area contributed by atoms with Crippen molar-refractivity contribution in [1.29, 1.82) is 0 Å². The van der Waals surface area contributed by atoms with Gasteiger partial charge in [0.2, 0.25) is 5.91 Å². The standard InChI is InChI=1S/C19H21N3O3S2/c1-2-25-18(24)15-13-5-3-4-6-14(13)27-17(15)22-19(26)21-12-9-7-11(8-10-12)16(20)23/h7-10H,2-6H2,1H3,(H2,20,23)(H2,21,22,26). The molecular weight excluding hydrogens is 382 g/mol. The van der Waals surface area contributed by atoms with Crippen LogP contribution in [0.3, 0.4) is 0 Å². The number of anilines is 2. The number of nitrogens with one attached hydrogen (secondary N) is 2. The van der Waals surface area contributed by atoms with E-state index in [1.54, 1.807) is 42.5 Å². The van der Waals surface area contributed by atoms with Crippen LogP contribution in [0.5, 0.6) is 0 Å². The molecule has 1 aromatic carbocycles. The van der Waals surface area contributed by atoms with Crippen LogP contribution in [0.15, 0.2) is 24.3 Å². The Balaban J connectivity index is 1.77. The third kappa shape index (κ3) is 4.45. The molecule has 0 unspecified atom stereocenters. The molecule has 1 aromatic heterocycles. The first kappa shape index (κ1) is 19.3. The Labute approximate surface area is 167 Å². The van der Waals surface area contributed by atoms with Crippen molar-refractivity contribution >= 4 is 51.2 Å².